The zero-order chi connectivity index (χ0) is 12.3. The number of halogens is 2. The van der Waals surface area contributed by atoms with Crippen molar-refractivity contribution in [3.63, 3.8) is 0 Å². The van der Waals surface area contributed by atoms with Crippen molar-refractivity contribution >= 4 is 15.9 Å². The highest BCUT2D eigenvalue weighted by Crippen LogP contribution is 2.30. The molecule has 0 aliphatic rings. The van der Waals surface area contributed by atoms with Crippen LogP contribution in [0.3, 0.4) is 0 Å². The molecule has 0 unspecified atom stereocenters. The second-order valence-corrected chi connectivity index (χ2v) is 4.12. The molecule has 0 heterocycles. The van der Waals surface area contributed by atoms with Gasteiger partial charge in [0.2, 0.25) is 0 Å². The highest BCUT2D eigenvalue weighted by atomic mass is 79.9. The van der Waals surface area contributed by atoms with E-state index in [4.69, 9.17) is 4.74 Å². The Balaban J connectivity index is 2.59. The van der Waals surface area contributed by atoms with Gasteiger partial charge in [0, 0.05) is 10.9 Å². The standard InChI is InChI=1S/C14H11BrFO/c1-17-11-6-7-14(16)13(8-11)12-5-3-2-4-10(12)9-15/h3-8H,9H2,1H3. The number of rotatable bonds is 3. The third-order valence-electron chi connectivity index (χ3n) is 2.56. The van der Waals surface area contributed by atoms with E-state index in [0.29, 0.717) is 16.6 Å². The molecule has 3 heteroatoms. The SMILES string of the molecule is COc1ccc(F)c(-c2cc[c]cc2CBr)c1. The van der Waals surface area contributed by atoms with Gasteiger partial charge in [0.25, 0.3) is 0 Å². The second-order valence-electron chi connectivity index (χ2n) is 3.56. The van der Waals surface area contributed by atoms with Gasteiger partial charge >= 0.3 is 0 Å². The molecule has 0 fully saturated rings. The van der Waals surface area contributed by atoms with Crippen molar-refractivity contribution in [3.05, 3.63) is 53.8 Å². The second kappa shape index (κ2) is 5.32. The fourth-order valence-corrected chi connectivity index (χ4v) is 2.14. The van der Waals surface area contributed by atoms with E-state index >= 15 is 0 Å². The molecular formula is C14H11BrFO. The van der Waals surface area contributed by atoms with Crippen LogP contribution < -0.4 is 4.74 Å². The fourth-order valence-electron chi connectivity index (χ4n) is 1.68. The van der Waals surface area contributed by atoms with Crippen LogP contribution in [0, 0.1) is 11.9 Å². The van der Waals surface area contributed by atoms with Gasteiger partial charge < -0.3 is 4.74 Å². The number of ether oxygens (including phenoxy) is 1. The number of hydrogen-bond donors (Lipinski definition) is 0. The molecular weight excluding hydrogens is 283 g/mol. The van der Waals surface area contributed by atoms with Gasteiger partial charge in [-0.3, -0.25) is 0 Å². The summed E-state index contributed by atoms with van der Waals surface area (Å²) < 4.78 is 18.9. The van der Waals surface area contributed by atoms with E-state index < -0.39 is 0 Å². The summed E-state index contributed by atoms with van der Waals surface area (Å²) >= 11 is 3.39. The van der Waals surface area contributed by atoms with Crippen molar-refractivity contribution < 1.29 is 9.13 Å². The van der Waals surface area contributed by atoms with Gasteiger partial charge in [-0.2, -0.15) is 0 Å². The van der Waals surface area contributed by atoms with Gasteiger partial charge in [0.15, 0.2) is 0 Å². The molecule has 0 atom stereocenters. The zero-order valence-electron chi connectivity index (χ0n) is 9.34. The largest absolute Gasteiger partial charge is 0.497 e. The molecule has 0 aliphatic carbocycles. The summed E-state index contributed by atoms with van der Waals surface area (Å²) in [6.07, 6.45) is 0. The highest BCUT2D eigenvalue weighted by molar-refractivity contribution is 9.08. The normalized spacial score (nSPS) is 10.3. The molecule has 0 amide bonds. The first kappa shape index (κ1) is 12.1. The maximum Gasteiger partial charge on any atom is 0.131 e. The quantitative estimate of drug-likeness (QED) is 0.771. The summed E-state index contributed by atoms with van der Waals surface area (Å²) in [6.45, 7) is 0. The van der Waals surface area contributed by atoms with Crippen molar-refractivity contribution in [3.8, 4) is 16.9 Å². The third kappa shape index (κ3) is 2.50. The summed E-state index contributed by atoms with van der Waals surface area (Å²) in [4.78, 5) is 0. The van der Waals surface area contributed by atoms with Gasteiger partial charge in [-0.25, -0.2) is 4.39 Å². The van der Waals surface area contributed by atoms with Crippen LogP contribution in [0.4, 0.5) is 4.39 Å². The number of hydrogen-bond acceptors (Lipinski definition) is 1. The maximum atomic E-state index is 13.8. The van der Waals surface area contributed by atoms with Crippen LogP contribution in [0.1, 0.15) is 5.56 Å². The maximum absolute atomic E-state index is 13.8. The third-order valence-corrected chi connectivity index (χ3v) is 3.16. The molecule has 0 aliphatic heterocycles. The van der Waals surface area contributed by atoms with Gasteiger partial charge in [-0.1, -0.05) is 28.1 Å². The monoisotopic (exact) mass is 293 g/mol. The Morgan fingerprint density at radius 1 is 1.29 bits per heavy atom. The summed E-state index contributed by atoms with van der Waals surface area (Å²) in [5.41, 5.74) is 2.41. The topological polar surface area (TPSA) is 9.23 Å². The van der Waals surface area contributed by atoms with Crippen molar-refractivity contribution in [2.45, 2.75) is 5.33 Å². The van der Waals surface area contributed by atoms with E-state index in [9.17, 15) is 4.39 Å². The Bertz CT molecular complexity index is 525. The molecule has 1 nitrogen and oxygen atoms in total. The van der Waals surface area contributed by atoms with E-state index in [0.717, 1.165) is 11.1 Å². The molecule has 1 radical (unpaired) electrons. The van der Waals surface area contributed by atoms with Gasteiger partial charge in [-0.15, -0.1) is 0 Å². The lowest BCUT2D eigenvalue weighted by molar-refractivity contribution is 0.414. The first-order valence-corrected chi connectivity index (χ1v) is 6.27. The number of alkyl halides is 1. The Morgan fingerprint density at radius 2 is 2.12 bits per heavy atom. The van der Waals surface area contributed by atoms with Crippen LogP contribution in [-0.2, 0) is 5.33 Å². The molecule has 0 saturated carbocycles. The molecule has 0 saturated heterocycles. The highest BCUT2D eigenvalue weighted by Gasteiger charge is 2.10. The predicted molar refractivity (Wildman–Crippen MR) is 69.9 cm³/mol. The molecule has 0 spiro atoms. The molecule has 2 rings (SSSR count). The van der Waals surface area contributed by atoms with E-state index in [1.54, 1.807) is 25.3 Å². The fraction of sp³-hybridized carbons (Fsp3) is 0.143. The minimum atomic E-state index is -0.251. The minimum absolute atomic E-state index is 0.251. The summed E-state index contributed by atoms with van der Waals surface area (Å²) in [6, 6.07) is 13.2. The Kier molecular flexibility index (Phi) is 3.79. The predicted octanol–water partition coefficient (Wildman–Crippen LogP) is 4.20. The summed E-state index contributed by atoms with van der Waals surface area (Å²) in [5, 5.41) is 0.663. The van der Waals surface area contributed by atoms with Crippen LogP contribution in [0.25, 0.3) is 11.1 Å². The van der Waals surface area contributed by atoms with Gasteiger partial charge in [0.05, 0.1) is 7.11 Å². The van der Waals surface area contributed by atoms with E-state index in [1.165, 1.54) is 6.07 Å². The smallest absolute Gasteiger partial charge is 0.131 e. The molecule has 0 bridgehead atoms. The lowest BCUT2D eigenvalue weighted by Gasteiger charge is -2.09. The Morgan fingerprint density at radius 3 is 2.82 bits per heavy atom. The molecule has 87 valence electrons. The lowest BCUT2D eigenvalue weighted by Crippen LogP contribution is -1.91. The van der Waals surface area contributed by atoms with E-state index in [2.05, 4.69) is 22.0 Å². The Labute approximate surface area is 108 Å². The first-order valence-electron chi connectivity index (χ1n) is 5.15. The van der Waals surface area contributed by atoms with E-state index in [-0.39, 0.29) is 5.82 Å². The van der Waals surface area contributed by atoms with Gasteiger partial charge in [-0.05, 0) is 41.5 Å². The first-order chi connectivity index (χ1) is 8.26. The summed E-state index contributed by atoms with van der Waals surface area (Å²) in [5.74, 6) is 0.397. The Hall–Kier alpha value is -1.35. The van der Waals surface area contributed by atoms with Crippen LogP contribution in [0.15, 0.2) is 36.4 Å². The zero-order valence-corrected chi connectivity index (χ0v) is 10.9. The molecule has 0 aromatic heterocycles. The number of methoxy groups -OCH3 is 1. The number of benzene rings is 2. The molecule has 2 aromatic rings. The molecule has 2 aromatic carbocycles. The minimum Gasteiger partial charge on any atom is -0.497 e. The van der Waals surface area contributed by atoms with Crippen molar-refractivity contribution in [2.24, 2.45) is 0 Å². The van der Waals surface area contributed by atoms with Crippen LogP contribution in [-0.4, -0.2) is 7.11 Å². The van der Waals surface area contributed by atoms with Crippen molar-refractivity contribution in [2.75, 3.05) is 7.11 Å². The average molecular weight is 294 g/mol. The van der Waals surface area contributed by atoms with Gasteiger partial charge in [0.1, 0.15) is 11.6 Å². The van der Waals surface area contributed by atoms with Crippen molar-refractivity contribution in [1.82, 2.24) is 0 Å². The average Bonchev–Trinajstić information content (AvgIpc) is 2.39. The van der Waals surface area contributed by atoms with Crippen LogP contribution in [0.2, 0.25) is 0 Å². The van der Waals surface area contributed by atoms with Crippen LogP contribution in [0.5, 0.6) is 5.75 Å². The lowest BCUT2D eigenvalue weighted by atomic mass is 10.00. The molecule has 17 heavy (non-hydrogen) atoms. The summed E-state index contributed by atoms with van der Waals surface area (Å²) in [7, 11) is 1.57. The molecule has 0 N–H and O–H groups in total. The van der Waals surface area contributed by atoms with Crippen LogP contribution >= 0.6 is 15.9 Å². The van der Waals surface area contributed by atoms with E-state index in [1.807, 2.05) is 12.1 Å². The van der Waals surface area contributed by atoms with Crippen molar-refractivity contribution in [1.29, 1.82) is 0 Å².